The molecule has 0 fully saturated rings. The second-order valence-corrected chi connectivity index (χ2v) is 8.10. The Labute approximate surface area is 189 Å². The lowest BCUT2D eigenvalue weighted by Gasteiger charge is -2.17. The van der Waals surface area contributed by atoms with Crippen LogP contribution in [0.5, 0.6) is 0 Å². The van der Waals surface area contributed by atoms with E-state index in [0.29, 0.717) is 16.5 Å². The molecule has 0 atom stereocenters. The molecule has 160 valence electrons. The van der Waals surface area contributed by atoms with Gasteiger partial charge in [0.05, 0.1) is 11.4 Å². The topological polar surface area (TPSA) is 61.8 Å². The number of halogens is 1. The van der Waals surface area contributed by atoms with Crippen LogP contribution >= 0.6 is 11.8 Å². The highest BCUT2D eigenvalue weighted by Crippen LogP contribution is 2.29. The largest absolute Gasteiger partial charge is 0.325 e. The molecule has 32 heavy (non-hydrogen) atoms. The number of hydrogen-bond donors (Lipinski definition) is 1. The third-order valence-electron chi connectivity index (χ3n) is 4.65. The summed E-state index contributed by atoms with van der Waals surface area (Å²) in [6.45, 7) is 1.95. The van der Waals surface area contributed by atoms with Crippen LogP contribution in [0.1, 0.15) is 11.1 Å². The number of aryl methyl sites for hydroxylation is 1. The zero-order valence-corrected chi connectivity index (χ0v) is 18.1. The molecule has 3 aromatic rings. The van der Waals surface area contributed by atoms with Gasteiger partial charge in [-0.2, -0.15) is 0 Å². The molecule has 5 nitrogen and oxygen atoms in total. The minimum Gasteiger partial charge on any atom is -0.325 e. The minimum absolute atomic E-state index is 0.0658. The van der Waals surface area contributed by atoms with Gasteiger partial charge in [-0.1, -0.05) is 54.2 Å². The van der Waals surface area contributed by atoms with Gasteiger partial charge in [0.2, 0.25) is 5.91 Å². The van der Waals surface area contributed by atoms with E-state index in [1.807, 2.05) is 61.5 Å². The van der Waals surface area contributed by atoms with Gasteiger partial charge in [-0.15, -0.1) is 0 Å². The number of carbonyl (C=O) groups is 2. The van der Waals surface area contributed by atoms with Gasteiger partial charge in [0, 0.05) is 5.69 Å². The number of amidine groups is 1. The van der Waals surface area contributed by atoms with Crippen LogP contribution in [0.25, 0.3) is 6.08 Å². The number of aliphatic imine (C=N–C) groups is 1. The van der Waals surface area contributed by atoms with Crippen molar-refractivity contribution in [1.82, 2.24) is 0 Å². The van der Waals surface area contributed by atoms with Crippen molar-refractivity contribution < 1.29 is 14.0 Å². The van der Waals surface area contributed by atoms with Crippen molar-refractivity contribution >= 4 is 46.2 Å². The molecule has 4 rings (SSSR count). The van der Waals surface area contributed by atoms with E-state index in [2.05, 4.69) is 10.3 Å². The molecule has 1 N–H and O–H groups in total. The molecule has 0 saturated heterocycles. The highest BCUT2D eigenvalue weighted by atomic mass is 32.2. The molecule has 0 bridgehead atoms. The number of amides is 2. The Balaban J connectivity index is 1.56. The van der Waals surface area contributed by atoms with Crippen LogP contribution in [0.15, 0.2) is 89.6 Å². The van der Waals surface area contributed by atoms with Crippen molar-refractivity contribution in [1.29, 1.82) is 0 Å². The van der Waals surface area contributed by atoms with Gasteiger partial charge < -0.3 is 5.32 Å². The number of thioether (sulfide) groups is 1. The van der Waals surface area contributed by atoms with Gasteiger partial charge in [0.1, 0.15) is 11.5 Å². The number of nitrogens with zero attached hydrogens (tertiary/aromatic N) is 2. The normalized spacial score (nSPS) is 14.6. The number of hydrogen-bond acceptors (Lipinski definition) is 4. The Kier molecular flexibility index (Phi) is 6.47. The molecule has 0 saturated carbocycles. The van der Waals surface area contributed by atoms with Crippen LogP contribution in [0.3, 0.4) is 0 Å². The smallest absolute Gasteiger partial charge is 0.283 e. The summed E-state index contributed by atoms with van der Waals surface area (Å²) in [6, 6.07) is 22.5. The van der Waals surface area contributed by atoms with Crippen molar-refractivity contribution in [2.45, 2.75) is 6.92 Å². The first-order valence-corrected chi connectivity index (χ1v) is 10.9. The highest BCUT2D eigenvalue weighted by Gasteiger charge is 2.32. The molecular weight excluding hydrogens is 425 g/mol. The van der Waals surface area contributed by atoms with E-state index in [-0.39, 0.29) is 23.3 Å². The van der Waals surface area contributed by atoms with Crippen LogP contribution < -0.4 is 10.2 Å². The van der Waals surface area contributed by atoms with Crippen molar-refractivity contribution in [2.75, 3.05) is 16.0 Å². The average molecular weight is 446 g/mol. The molecule has 0 aliphatic carbocycles. The first-order valence-electron chi connectivity index (χ1n) is 9.94. The monoisotopic (exact) mass is 445 g/mol. The maximum absolute atomic E-state index is 13.4. The SMILES string of the molecule is Cc1cccc(NC(=O)CSC2=N/C(=C\c3ccccc3)C(=O)N2c2ccc(F)cc2)c1. The fourth-order valence-corrected chi connectivity index (χ4v) is 3.98. The zero-order valence-electron chi connectivity index (χ0n) is 17.3. The summed E-state index contributed by atoms with van der Waals surface area (Å²) < 4.78 is 13.4. The third-order valence-corrected chi connectivity index (χ3v) is 5.59. The molecule has 0 aromatic heterocycles. The number of rotatable bonds is 5. The quantitative estimate of drug-likeness (QED) is 0.546. The Hall–Kier alpha value is -3.71. The molecule has 3 aromatic carbocycles. The summed E-state index contributed by atoms with van der Waals surface area (Å²) >= 11 is 1.15. The first-order chi connectivity index (χ1) is 15.5. The van der Waals surface area contributed by atoms with E-state index in [4.69, 9.17) is 0 Å². The Morgan fingerprint density at radius 1 is 1.06 bits per heavy atom. The summed E-state index contributed by atoms with van der Waals surface area (Å²) in [5.74, 6) is -0.877. The number of anilines is 2. The lowest BCUT2D eigenvalue weighted by atomic mass is 10.2. The minimum atomic E-state index is -0.399. The lowest BCUT2D eigenvalue weighted by molar-refractivity contribution is -0.114. The molecule has 7 heteroatoms. The highest BCUT2D eigenvalue weighted by molar-refractivity contribution is 8.14. The second kappa shape index (κ2) is 9.62. The van der Waals surface area contributed by atoms with E-state index < -0.39 is 5.82 Å². The van der Waals surface area contributed by atoms with Gasteiger partial charge >= 0.3 is 0 Å². The molecule has 1 aliphatic heterocycles. The van der Waals surface area contributed by atoms with Crippen LogP contribution in [-0.4, -0.2) is 22.7 Å². The molecular formula is C25H20FN3O2S. The zero-order chi connectivity index (χ0) is 22.5. The van der Waals surface area contributed by atoms with Crippen LogP contribution in [0.2, 0.25) is 0 Å². The third kappa shape index (κ3) is 5.12. The molecule has 1 aliphatic rings. The maximum atomic E-state index is 13.4. The number of benzene rings is 3. The first kappa shape index (κ1) is 21.5. The standard InChI is InChI=1S/C25H20FN3O2S/c1-17-6-5-9-20(14-17)27-23(30)16-32-25-28-22(15-18-7-3-2-4-8-18)24(31)29(25)21-12-10-19(26)11-13-21/h2-15H,16H2,1H3,(H,27,30)/b22-15-. The van der Waals surface area contributed by atoms with Crippen LogP contribution in [-0.2, 0) is 9.59 Å². The fraction of sp³-hybridized carbons (Fsp3) is 0.0800. The van der Waals surface area contributed by atoms with Gasteiger partial charge in [0.25, 0.3) is 5.91 Å². The average Bonchev–Trinajstić information content (AvgIpc) is 3.09. The molecule has 0 unspecified atom stereocenters. The van der Waals surface area contributed by atoms with Crippen LogP contribution in [0, 0.1) is 12.7 Å². The fourth-order valence-electron chi connectivity index (χ4n) is 3.17. The van der Waals surface area contributed by atoms with Crippen molar-refractivity contribution in [3.8, 4) is 0 Å². The molecule has 1 heterocycles. The second-order valence-electron chi connectivity index (χ2n) is 7.16. The predicted molar refractivity (Wildman–Crippen MR) is 128 cm³/mol. The maximum Gasteiger partial charge on any atom is 0.283 e. The summed E-state index contributed by atoms with van der Waals surface area (Å²) in [6.07, 6.45) is 1.69. The van der Waals surface area contributed by atoms with Gasteiger partial charge in [-0.05, 0) is 60.5 Å². The summed E-state index contributed by atoms with van der Waals surface area (Å²) in [7, 11) is 0. The molecule has 0 radical (unpaired) electrons. The summed E-state index contributed by atoms with van der Waals surface area (Å²) in [5, 5.41) is 3.21. The molecule has 2 amide bonds. The van der Waals surface area contributed by atoms with E-state index in [1.165, 1.54) is 29.2 Å². The van der Waals surface area contributed by atoms with E-state index in [1.54, 1.807) is 6.08 Å². The van der Waals surface area contributed by atoms with Crippen molar-refractivity contribution in [3.05, 3.63) is 102 Å². The van der Waals surface area contributed by atoms with Gasteiger partial charge in [-0.3, -0.25) is 14.5 Å². The lowest BCUT2D eigenvalue weighted by Crippen LogP contribution is -2.31. The summed E-state index contributed by atoms with van der Waals surface area (Å²) in [5.41, 5.74) is 3.32. The van der Waals surface area contributed by atoms with Crippen molar-refractivity contribution in [2.24, 2.45) is 4.99 Å². The Morgan fingerprint density at radius 3 is 2.53 bits per heavy atom. The van der Waals surface area contributed by atoms with E-state index >= 15 is 0 Å². The van der Waals surface area contributed by atoms with E-state index in [9.17, 15) is 14.0 Å². The number of carbonyl (C=O) groups excluding carboxylic acids is 2. The van der Waals surface area contributed by atoms with Crippen LogP contribution in [0.4, 0.5) is 15.8 Å². The number of nitrogens with one attached hydrogen (secondary N) is 1. The Morgan fingerprint density at radius 2 is 1.81 bits per heavy atom. The molecule has 0 spiro atoms. The summed E-state index contributed by atoms with van der Waals surface area (Å²) in [4.78, 5) is 31.5. The van der Waals surface area contributed by atoms with Gasteiger partial charge in [0.15, 0.2) is 5.17 Å². The predicted octanol–water partition coefficient (Wildman–Crippen LogP) is 5.25. The van der Waals surface area contributed by atoms with Crippen molar-refractivity contribution in [3.63, 3.8) is 0 Å². The van der Waals surface area contributed by atoms with Gasteiger partial charge in [-0.25, -0.2) is 9.38 Å². The Bertz CT molecular complexity index is 1210. The van der Waals surface area contributed by atoms with E-state index in [0.717, 1.165) is 22.9 Å².